The lowest BCUT2D eigenvalue weighted by Crippen LogP contribution is -1.89. The van der Waals surface area contributed by atoms with Crippen LogP contribution in [0.3, 0.4) is 0 Å². The minimum atomic E-state index is 0. The maximum atomic E-state index is 5.05. The second kappa shape index (κ2) is 5.91. The van der Waals surface area contributed by atoms with Crippen molar-refractivity contribution in [2.75, 3.05) is 5.32 Å². The van der Waals surface area contributed by atoms with E-state index in [2.05, 4.69) is 29.4 Å². The molecule has 3 nitrogen and oxygen atoms in total. The summed E-state index contributed by atoms with van der Waals surface area (Å²) in [6.45, 7) is 2.07. The predicted octanol–water partition coefficient (Wildman–Crippen LogP) is 4.88. The summed E-state index contributed by atoms with van der Waals surface area (Å²) in [4.78, 5) is 4.52. The number of halogens is 1. The molecule has 5 heteroatoms. The van der Waals surface area contributed by atoms with Crippen molar-refractivity contribution in [2.45, 2.75) is 6.92 Å². The number of furan rings is 1. The third-order valence-corrected chi connectivity index (χ3v) is 3.38. The van der Waals surface area contributed by atoms with Gasteiger partial charge in [0.05, 0.1) is 18.2 Å². The highest BCUT2D eigenvalue weighted by Crippen LogP contribution is 2.27. The molecule has 0 aliphatic rings. The second-order valence-electron chi connectivity index (χ2n) is 4.04. The Hall–Kier alpha value is -1.78. The Kier molecular flexibility index (Phi) is 4.24. The molecule has 0 aliphatic heterocycles. The van der Waals surface area contributed by atoms with Crippen LogP contribution in [-0.4, -0.2) is 4.98 Å². The van der Waals surface area contributed by atoms with E-state index in [1.807, 2.05) is 23.6 Å². The molecule has 0 saturated carbocycles. The smallest absolute Gasteiger partial charge is 0.187 e. The van der Waals surface area contributed by atoms with E-state index in [1.54, 1.807) is 23.9 Å². The molecule has 0 radical (unpaired) electrons. The Bertz CT molecular complexity index is 632. The van der Waals surface area contributed by atoms with E-state index in [9.17, 15) is 0 Å². The Morgan fingerprint density at radius 1 is 1.16 bits per heavy atom. The Morgan fingerprint density at radius 3 is 2.63 bits per heavy atom. The largest absolute Gasteiger partial charge is 0.472 e. The van der Waals surface area contributed by atoms with Gasteiger partial charge in [-0.25, -0.2) is 4.98 Å². The maximum Gasteiger partial charge on any atom is 0.187 e. The average Bonchev–Trinajstić information content (AvgIpc) is 3.02. The fourth-order valence-electron chi connectivity index (χ4n) is 1.63. The zero-order valence-corrected chi connectivity index (χ0v) is 11.9. The zero-order chi connectivity index (χ0) is 12.4. The van der Waals surface area contributed by atoms with Crippen LogP contribution in [-0.2, 0) is 0 Å². The van der Waals surface area contributed by atoms with Crippen LogP contribution in [0, 0.1) is 6.92 Å². The number of rotatable bonds is 3. The molecule has 0 spiro atoms. The highest BCUT2D eigenvalue weighted by Gasteiger charge is 2.05. The highest BCUT2D eigenvalue weighted by molar-refractivity contribution is 7.14. The molecule has 2 heterocycles. The molecule has 0 bridgehead atoms. The summed E-state index contributed by atoms with van der Waals surface area (Å²) in [5.41, 5.74) is 4.24. The number of aryl methyl sites for hydroxylation is 1. The monoisotopic (exact) mass is 292 g/mol. The van der Waals surface area contributed by atoms with E-state index < -0.39 is 0 Å². The lowest BCUT2D eigenvalue weighted by molar-refractivity contribution is 0.568. The maximum absolute atomic E-state index is 5.05. The van der Waals surface area contributed by atoms with Gasteiger partial charge in [-0.3, -0.25) is 0 Å². The van der Waals surface area contributed by atoms with Gasteiger partial charge in [-0.15, -0.1) is 23.7 Å². The standard InChI is InChI=1S/C14H12N2OS.ClH/c1-10-2-4-12(5-3-10)15-14-16-13(9-18-14)11-6-7-17-8-11;/h2-9H,1H3,(H,15,16);1H. The van der Waals surface area contributed by atoms with E-state index >= 15 is 0 Å². The number of hydrogen-bond donors (Lipinski definition) is 1. The number of aromatic nitrogens is 1. The van der Waals surface area contributed by atoms with Crippen molar-refractivity contribution in [1.82, 2.24) is 4.98 Å². The summed E-state index contributed by atoms with van der Waals surface area (Å²) < 4.78 is 5.05. The second-order valence-corrected chi connectivity index (χ2v) is 4.90. The van der Waals surface area contributed by atoms with Crippen LogP contribution < -0.4 is 5.32 Å². The van der Waals surface area contributed by atoms with Gasteiger partial charge in [0.2, 0.25) is 0 Å². The lowest BCUT2D eigenvalue weighted by Gasteiger charge is -2.02. The minimum Gasteiger partial charge on any atom is -0.472 e. The first-order valence-corrected chi connectivity index (χ1v) is 6.51. The summed E-state index contributed by atoms with van der Waals surface area (Å²) >= 11 is 1.58. The molecule has 0 amide bonds. The SMILES string of the molecule is Cc1ccc(Nc2nc(-c3ccoc3)cs2)cc1.Cl. The molecule has 0 aliphatic carbocycles. The molecule has 3 aromatic rings. The van der Waals surface area contributed by atoms with Crippen LogP contribution in [0.25, 0.3) is 11.3 Å². The van der Waals surface area contributed by atoms with Crippen LogP contribution in [0.2, 0.25) is 0 Å². The van der Waals surface area contributed by atoms with Gasteiger partial charge in [0, 0.05) is 16.6 Å². The van der Waals surface area contributed by atoms with Gasteiger partial charge < -0.3 is 9.73 Å². The van der Waals surface area contributed by atoms with Crippen molar-refractivity contribution in [3.8, 4) is 11.3 Å². The van der Waals surface area contributed by atoms with E-state index in [0.717, 1.165) is 22.1 Å². The van der Waals surface area contributed by atoms with Gasteiger partial charge in [0.15, 0.2) is 5.13 Å². The molecule has 0 fully saturated rings. The third kappa shape index (κ3) is 3.16. The molecule has 0 saturated heterocycles. The molecule has 19 heavy (non-hydrogen) atoms. The fourth-order valence-corrected chi connectivity index (χ4v) is 2.37. The summed E-state index contributed by atoms with van der Waals surface area (Å²) in [6, 6.07) is 10.2. The topological polar surface area (TPSA) is 38.1 Å². The van der Waals surface area contributed by atoms with Crippen molar-refractivity contribution in [2.24, 2.45) is 0 Å². The predicted molar refractivity (Wildman–Crippen MR) is 81.5 cm³/mol. The first-order chi connectivity index (χ1) is 8.81. The van der Waals surface area contributed by atoms with Crippen molar-refractivity contribution >= 4 is 34.6 Å². The fraction of sp³-hybridized carbons (Fsp3) is 0.0714. The quantitative estimate of drug-likeness (QED) is 0.748. The Balaban J connectivity index is 0.00000133. The van der Waals surface area contributed by atoms with Gasteiger partial charge in [-0.05, 0) is 25.1 Å². The molecule has 1 N–H and O–H groups in total. The van der Waals surface area contributed by atoms with E-state index in [-0.39, 0.29) is 12.4 Å². The van der Waals surface area contributed by atoms with Crippen LogP contribution in [0.5, 0.6) is 0 Å². The van der Waals surface area contributed by atoms with Gasteiger partial charge >= 0.3 is 0 Å². The average molecular weight is 293 g/mol. The number of nitrogens with one attached hydrogen (secondary N) is 1. The molecular formula is C14H13ClN2OS. The number of benzene rings is 1. The summed E-state index contributed by atoms with van der Waals surface area (Å²) in [5, 5.41) is 6.19. The van der Waals surface area contributed by atoms with E-state index in [0.29, 0.717) is 0 Å². The number of hydrogen-bond acceptors (Lipinski definition) is 4. The summed E-state index contributed by atoms with van der Waals surface area (Å²) in [6.07, 6.45) is 3.35. The van der Waals surface area contributed by atoms with Crippen molar-refractivity contribution in [3.05, 3.63) is 53.8 Å². The van der Waals surface area contributed by atoms with Crippen LogP contribution >= 0.6 is 23.7 Å². The zero-order valence-electron chi connectivity index (χ0n) is 10.3. The van der Waals surface area contributed by atoms with Gasteiger partial charge in [-0.1, -0.05) is 17.7 Å². The van der Waals surface area contributed by atoms with Gasteiger partial charge in [0.25, 0.3) is 0 Å². The molecule has 3 rings (SSSR count). The normalized spacial score (nSPS) is 9.95. The van der Waals surface area contributed by atoms with Crippen LogP contribution in [0.1, 0.15) is 5.56 Å². The first-order valence-electron chi connectivity index (χ1n) is 5.63. The summed E-state index contributed by atoms with van der Waals surface area (Å²) in [5.74, 6) is 0. The molecule has 98 valence electrons. The van der Waals surface area contributed by atoms with Crippen molar-refractivity contribution in [3.63, 3.8) is 0 Å². The first kappa shape index (κ1) is 13.6. The number of thiazole rings is 1. The highest BCUT2D eigenvalue weighted by atomic mass is 35.5. The number of anilines is 2. The van der Waals surface area contributed by atoms with Crippen molar-refractivity contribution in [1.29, 1.82) is 0 Å². The Morgan fingerprint density at radius 2 is 1.95 bits per heavy atom. The Labute approximate surface area is 121 Å². The van der Waals surface area contributed by atoms with Crippen LogP contribution in [0.4, 0.5) is 10.8 Å². The van der Waals surface area contributed by atoms with E-state index in [4.69, 9.17) is 4.42 Å². The molecule has 2 aromatic heterocycles. The molecule has 0 unspecified atom stereocenters. The number of nitrogens with zero attached hydrogens (tertiary/aromatic N) is 1. The lowest BCUT2D eigenvalue weighted by atomic mass is 10.2. The van der Waals surface area contributed by atoms with Crippen LogP contribution in [0.15, 0.2) is 52.7 Å². The summed E-state index contributed by atoms with van der Waals surface area (Å²) in [7, 11) is 0. The van der Waals surface area contributed by atoms with Gasteiger partial charge in [-0.2, -0.15) is 0 Å². The third-order valence-electron chi connectivity index (χ3n) is 2.62. The molecule has 1 aromatic carbocycles. The van der Waals surface area contributed by atoms with E-state index in [1.165, 1.54) is 5.56 Å². The molecular weight excluding hydrogens is 280 g/mol. The van der Waals surface area contributed by atoms with Crippen molar-refractivity contribution < 1.29 is 4.42 Å². The molecule has 0 atom stereocenters. The minimum absolute atomic E-state index is 0. The van der Waals surface area contributed by atoms with Gasteiger partial charge in [0.1, 0.15) is 0 Å².